The van der Waals surface area contributed by atoms with Crippen LogP contribution in [0.5, 0.6) is 0 Å². The zero-order valence-electron chi connectivity index (χ0n) is 16.6. The second kappa shape index (κ2) is 9.63. The third kappa shape index (κ3) is 5.10. The zero-order valence-corrected chi connectivity index (χ0v) is 17.5. The van der Waals surface area contributed by atoms with Gasteiger partial charge in [-0.25, -0.2) is 4.39 Å². The lowest BCUT2D eigenvalue weighted by Gasteiger charge is -2.12. The normalized spacial score (nSPS) is 18.4. The van der Waals surface area contributed by atoms with Crippen LogP contribution in [-0.4, -0.2) is 6.61 Å². The van der Waals surface area contributed by atoms with Gasteiger partial charge in [0.05, 0.1) is 6.61 Å². The average molecular weight is 413 g/mol. The third-order valence-electron chi connectivity index (χ3n) is 4.81. The van der Waals surface area contributed by atoms with Gasteiger partial charge in [0.15, 0.2) is 0 Å². The quantitative estimate of drug-likeness (QED) is 0.343. The van der Waals surface area contributed by atoms with E-state index in [4.69, 9.17) is 4.74 Å². The van der Waals surface area contributed by atoms with Crippen LogP contribution in [0.15, 0.2) is 106 Å². The summed E-state index contributed by atoms with van der Waals surface area (Å²) in [6.45, 7) is 2.54. The van der Waals surface area contributed by atoms with E-state index in [-0.39, 0.29) is 11.9 Å². The predicted molar refractivity (Wildman–Crippen MR) is 122 cm³/mol. The lowest BCUT2D eigenvalue weighted by molar-refractivity contribution is 0.131. The summed E-state index contributed by atoms with van der Waals surface area (Å²) in [6, 6.07) is 24.9. The Bertz CT molecular complexity index is 1120. The van der Waals surface area contributed by atoms with Crippen LogP contribution in [0.4, 0.5) is 4.39 Å². The van der Waals surface area contributed by atoms with E-state index < -0.39 is 0 Å². The highest BCUT2D eigenvalue weighted by atomic mass is 32.2. The van der Waals surface area contributed by atoms with Gasteiger partial charge in [0.25, 0.3) is 0 Å². The van der Waals surface area contributed by atoms with Gasteiger partial charge in [-0.1, -0.05) is 71.6 Å². The van der Waals surface area contributed by atoms with E-state index in [0.29, 0.717) is 6.61 Å². The van der Waals surface area contributed by atoms with Crippen molar-refractivity contribution >= 4 is 11.8 Å². The average Bonchev–Trinajstić information content (AvgIpc) is 3.17. The van der Waals surface area contributed by atoms with Gasteiger partial charge in [0.1, 0.15) is 11.9 Å². The number of halogens is 1. The van der Waals surface area contributed by atoms with Crippen molar-refractivity contribution in [2.75, 3.05) is 6.61 Å². The number of rotatable bonds is 3. The monoisotopic (exact) mass is 412 g/mol. The lowest BCUT2D eigenvalue weighted by atomic mass is 9.99. The summed E-state index contributed by atoms with van der Waals surface area (Å²) in [6.07, 6.45) is 1.70. The fourth-order valence-electron chi connectivity index (χ4n) is 3.16. The highest BCUT2D eigenvalue weighted by Gasteiger charge is 2.27. The second-order valence-corrected chi connectivity index (χ2v) is 7.99. The van der Waals surface area contributed by atoms with Gasteiger partial charge in [0, 0.05) is 10.5 Å². The maximum Gasteiger partial charge on any atom is 0.123 e. The third-order valence-corrected chi connectivity index (χ3v) is 5.73. The first-order valence-corrected chi connectivity index (χ1v) is 10.6. The Morgan fingerprint density at radius 3 is 2.43 bits per heavy atom. The Balaban J connectivity index is 1.63. The maximum atomic E-state index is 13.4. The summed E-state index contributed by atoms with van der Waals surface area (Å²) < 4.78 is 19.5. The van der Waals surface area contributed by atoms with Gasteiger partial charge in [-0.05, 0) is 71.5 Å². The number of benzene rings is 3. The molecule has 3 heteroatoms. The highest BCUT2D eigenvalue weighted by molar-refractivity contribution is 8.02. The summed E-state index contributed by atoms with van der Waals surface area (Å²) in [7, 11) is 0. The molecular formula is C27H21FOS. The van der Waals surface area contributed by atoms with Crippen molar-refractivity contribution in [2.45, 2.75) is 17.9 Å². The van der Waals surface area contributed by atoms with Crippen LogP contribution in [0.1, 0.15) is 22.8 Å². The van der Waals surface area contributed by atoms with E-state index in [0.717, 1.165) is 27.2 Å². The van der Waals surface area contributed by atoms with E-state index in [9.17, 15) is 4.39 Å². The molecule has 0 N–H and O–H groups in total. The topological polar surface area (TPSA) is 9.23 Å². The molecule has 148 valence electrons. The van der Waals surface area contributed by atoms with Crippen LogP contribution in [-0.2, 0) is 4.74 Å². The fourth-order valence-corrected chi connectivity index (χ4v) is 4.02. The van der Waals surface area contributed by atoms with Crippen LogP contribution in [0, 0.1) is 24.6 Å². The molecule has 0 aliphatic carbocycles. The molecule has 3 aromatic rings. The standard InChI is InChI=1S/C27H21FOS/c1-20-10-12-21(13-11-20)6-5-7-23-18-29-27(22-14-16-24(28)17-15-22)26(23)19-30-25-8-3-2-4-9-25/h2-4,7-17,19,27H,18H2,1H3/b23-7+,26-19+. The second-order valence-electron chi connectivity index (χ2n) is 7.05. The van der Waals surface area contributed by atoms with E-state index >= 15 is 0 Å². The van der Waals surface area contributed by atoms with Crippen molar-refractivity contribution in [1.29, 1.82) is 0 Å². The van der Waals surface area contributed by atoms with E-state index in [1.165, 1.54) is 17.7 Å². The summed E-state index contributed by atoms with van der Waals surface area (Å²) >= 11 is 1.65. The van der Waals surface area contributed by atoms with Gasteiger partial charge < -0.3 is 4.74 Å². The molecule has 30 heavy (non-hydrogen) atoms. The lowest BCUT2D eigenvalue weighted by Crippen LogP contribution is -1.98. The van der Waals surface area contributed by atoms with Crippen LogP contribution in [0.2, 0.25) is 0 Å². The number of ether oxygens (including phenoxy) is 1. The summed E-state index contributed by atoms with van der Waals surface area (Å²) in [5.41, 5.74) is 5.25. The van der Waals surface area contributed by atoms with Crippen molar-refractivity contribution in [3.63, 3.8) is 0 Å². The van der Waals surface area contributed by atoms with Crippen LogP contribution in [0.25, 0.3) is 0 Å². The minimum Gasteiger partial charge on any atom is -0.364 e. The minimum atomic E-state index is -0.249. The number of allylic oxidation sites excluding steroid dienone is 1. The molecule has 1 aliphatic heterocycles. The molecule has 1 nitrogen and oxygen atoms in total. The Hall–Kier alpha value is -3.06. The molecule has 1 aliphatic rings. The van der Waals surface area contributed by atoms with E-state index in [1.54, 1.807) is 23.9 Å². The summed E-state index contributed by atoms with van der Waals surface area (Å²) in [4.78, 5) is 1.15. The van der Waals surface area contributed by atoms with Gasteiger partial charge in [-0.3, -0.25) is 0 Å². The minimum absolute atomic E-state index is 0.228. The van der Waals surface area contributed by atoms with Crippen molar-refractivity contribution in [3.05, 3.63) is 124 Å². The SMILES string of the molecule is Cc1ccc(C#C/C=C2\COC(c3ccc(F)cc3)\C2=C\Sc2ccccc2)cc1. The van der Waals surface area contributed by atoms with Gasteiger partial charge in [-0.2, -0.15) is 0 Å². The van der Waals surface area contributed by atoms with Crippen molar-refractivity contribution < 1.29 is 9.13 Å². The number of thioether (sulfide) groups is 1. The molecule has 1 fully saturated rings. The summed E-state index contributed by atoms with van der Waals surface area (Å²) in [5.74, 6) is 6.11. The molecule has 4 rings (SSSR count). The molecule has 0 radical (unpaired) electrons. The fraction of sp³-hybridized carbons (Fsp3) is 0.111. The number of aryl methyl sites for hydroxylation is 1. The van der Waals surface area contributed by atoms with Gasteiger partial charge in [-0.15, -0.1) is 0 Å². The molecular weight excluding hydrogens is 391 g/mol. The molecule has 1 saturated heterocycles. The van der Waals surface area contributed by atoms with Crippen LogP contribution < -0.4 is 0 Å². The van der Waals surface area contributed by atoms with Crippen molar-refractivity contribution in [1.82, 2.24) is 0 Å². The Morgan fingerprint density at radius 1 is 0.967 bits per heavy atom. The molecule has 1 atom stereocenters. The molecule has 0 bridgehead atoms. The smallest absolute Gasteiger partial charge is 0.123 e. The Morgan fingerprint density at radius 2 is 1.70 bits per heavy atom. The van der Waals surface area contributed by atoms with Crippen molar-refractivity contribution in [3.8, 4) is 11.8 Å². The first-order valence-electron chi connectivity index (χ1n) is 9.75. The molecule has 0 aromatic heterocycles. The zero-order chi connectivity index (χ0) is 20.8. The first-order chi connectivity index (χ1) is 14.7. The maximum absolute atomic E-state index is 13.4. The molecule has 0 saturated carbocycles. The highest BCUT2D eigenvalue weighted by Crippen LogP contribution is 2.39. The Labute approximate surface area is 181 Å². The van der Waals surface area contributed by atoms with Crippen LogP contribution >= 0.6 is 11.8 Å². The van der Waals surface area contributed by atoms with Gasteiger partial charge >= 0.3 is 0 Å². The first kappa shape index (κ1) is 20.2. The van der Waals surface area contributed by atoms with Crippen LogP contribution in [0.3, 0.4) is 0 Å². The number of hydrogen-bond acceptors (Lipinski definition) is 2. The number of hydrogen-bond donors (Lipinski definition) is 0. The largest absolute Gasteiger partial charge is 0.364 e. The molecule has 3 aromatic carbocycles. The summed E-state index contributed by atoms with van der Waals surface area (Å²) in [5, 5.41) is 2.12. The van der Waals surface area contributed by atoms with E-state index in [2.05, 4.69) is 48.4 Å². The molecule has 0 amide bonds. The molecule has 1 unspecified atom stereocenters. The van der Waals surface area contributed by atoms with E-state index in [1.807, 2.05) is 36.4 Å². The molecule has 1 heterocycles. The Kier molecular flexibility index (Phi) is 6.49. The van der Waals surface area contributed by atoms with Gasteiger partial charge in [0.2, 0.25) is 0 Å². The van der Waals surface area contributed by atoms with Crippen molar-refractivity contribution in [2.24, 2.45) is 0 Å². The predicted octanol–water partition coefficient (Wildman–Crippen LogP) is 6.86. The molecule has 0 spiro atoms.